The highest BCUT2D eigenvalue weighted by Crippen LogP contribution is 2.33. The molecule has 0 radical (unpaired) electrons. The molecule has 13 nitrogen and oxygen atoms in total. The molecule has 0 spiro atoms. The summed E-state index contributed by atoms with van der Waals surface area (Å²) in [6.45, 7) is 0.294. The molecule has 0 bridgehead atoms. The molecule has 0 aliphatic carbocycles. The van der Waals surface area contributed by atoms with Crippen LogP contribution in [0, 0.1) is 5.41 Å². The van der Waals surface area contributed by atoms with Gasteiger partial charge in [-0.2, -0.15) is 0 Å². The first kappa shape index (κ1) is 34.9. The number of hydrogen-bond donors (Lipinski definition) is 7. The minimum Gasteiger partial charge on any atom is -0.481 e. The van der Waals surface area contributed by atoms with E-state index in [4.69, 9.17) is 11.1 Å². The van der Waals surface area contributed by atoms with E-state index >= 15 is 0 Å². The van der Waals surface area contributed by atoms with Gasteiger partial charge in [-0.05, 0) is 62.5 Å². The van der Waals surface area contributed by atoms with Crippen molar-refractivity contribution in [3.05, 3.63) is 71.8 Å². The SMILES string of the molecule is N=C(N)NCCC[C@H](NC(=O)[C@@H]1CC[C@@H]2CCC(NC(=O)Cc3ccccc3)C(=O)N21)C(=O)N[C@@H](CCc1ccccc1)CC(=O)O. The number of carboxylic acids is 1. The number of amides is 4. The zero-order valence-electron chi connectivity index (χ0n) is 26.5. The molecule has 0 aromatic heterocycles. The first-order valence-corrected chi connectivity index (χ1v) is 16.2. The Morgan fingerprint density at radius 3 is 2.23 bits per heavy atom. The van der Waals surface area contributed by atoms with Gasteiger partial charge >= 0.3 is 5.97 Å². The van der Waals surface area contributed by atoms with E-state index in [1.54, 1.807) is 4.90 Å². The topological polar surface area (TPSA) is 207 Å². The van der Waals surface area contributed by atoms with Crippen molar-refractivity contribution in [2.75, 3.05) is 6.54 Å². The molecule has 4 rings (SSSR count). The number of guanidine groups is 1. The summed E-state index contributed by atoms with van der Waals surface area (Å²) in [7, 11) is 0. The van der Waals surface area contributed by atoms with Crippen LogP contribution in [0.4, 0.5) is 0 Å². The molecule has 13 heteroatoms. The summed E-state index contributed by atoms with van der Waals surface area (Å²) in [5, 5.41) is 28.1. The van der Waals surface area contributed by atoms with Gasteiger partial charge in [-0.15, -0.1) is 0 Å². The van der Waals surface area contributed by atoms with Gasteiger partial charge in [0.25, 0.3) is 0 Å². The molecule has 2 saturated heterocycles. The maximum atomic E-state index is 13.7. The summed E-state index contributed by atoms with van der Waals surface area (Å²) in [5.74, 6) is -2.85. The van der Waals surface area contributed by atoms with E-state index in [1.165, 1.54) is 0 Å². The number of rotatable bonds is 16. The van der Waals surface area contributed by atoms with Crippen molar-refractivity contribution >= 4 is 35.6 Å². The van der Waals surface area contributed by atoms with E-state index in [-0.39, 0.29) is 43.1 Å². The van der Waals surface area contributed by atoms with Crippen molar-refractivity contribution in [3.8, 4) is 0 Å². The molecule has 2 aromatic rings. The molecule has 2 aromatic carbocycles. The van der Waals surface area contributed by atoms with E-state index in [0.717, 1.165) is 11.1 Å². The molecule has 4 amide bonds. The molecule has 8 N–H and O–H groups in total. The van der Waals surface area contributed by atoms with Crippen molar-refractivity contribution in [1.82, 2.24) is 26.2 Å². The second-order valence-corrected chi connectivity index (χ2v) is 12.2. The van der Waals surface area contributed by atoms with Gasteiger partial charge in [0.15, 0.2) is 5.96 Å². The Kier molecular flexibility index (Phi) is 12.7. The lowest BCUT2D eigenvalue weighted by Crippen LogP contribution is -2.60. The van der Waals surface area contributed by atoms with E-state index in [9.17, 15) is 29.1 Å². The average Bonchev–Trinajstić information content (AvgIpc) is 3.48. The Morgan fingerprint density at radius 2 is 1.57 bits per heavy atom. The normalized spacial score (nSPS) is 20.0. The van der Waals surface area contributed by atoms with Crippen LogP contribution in [0.5, 0.6) is 0 Å². The highest BCUT2D eigenvalue weighted by Gasteiger charge is 2.46. The van der Waals surface area contributed by atoms with Gasteiger partial charge in [0.05, 0.1) is 12.8 Å². The Hall–Kier alpha value is -4.94. The summed E-state index contributed by atoms with van der Waals surface area (Å²) >= 11 is 0. The van der Waals surface area contributed by atoms with E-state index in [1.807, 2.05) is 60.7 Å². The van der Waals surface area contributed by atoms with Gasteiger partial charge < -0.3 is 37.0 Å². The molecule has 2 aliphatic heterocycles. The van der Waals surface area contributed by atoms with Crippen LogP contribution in [0.3, 0.4) is 0 Å². The standard InChI is InChI=1S/C34H45N7O6/c35-34(36)37-19-7-12-26(31(45)38-24(21-30(43)44)14-13-22-8-3-1-4-9-22)40-32(46)28-18-16-25-15-17-27(33(47)41(25)28)39-29(42)20-23-10-5-2-6-11-23/h1-6,8-11,24-28H,7,12-21H2,(H,38,45)(H,39,42)(H,40,46)(H,43,44)(H4,35,36,37)/t24-,25-,26-,27?,28-/m0/s1. The smallest absolute Gasteiger partial charge is 0.305 e. The fourth-order valence-electron chi connectivity index (χ4n) is 6.37. The number of aliphatic carboxylic acids is 1. The third-order valence-electron chi connectivity index (χ3n) is 8.70. The lowest BCUT2D eigenvalue weighted by molar-refractivity contribution is -0.146. The number of fused-ring (bicyclic) bond motifs is 1. The van der Waals surface area contributed by atoms with E-state index < -0.39 is 42.0 Å². The van der Waals surface area contributed by atoms with Crippen molar-refractivity contribution in [2.24, 2.45) is 5.73 Å². The van der Waals surface area contributed by atoms with Crippen LogP contribution in [0.1, 0.15) is 62.5 Å². The summed E-state index contributed by atoms with van der Waals surface area (Å²) in [6.07, 6.45) is 3.56. The number of carbonyl (C=O) groups excluding carboxylic acids is 4. The quantitative estimate of drug-likeness (QED) is 0.0799. The average molecular weight is 648 g/mol. The summed E-state index contributed by atoms with van der Waals surface area (Å²) in [4.78, 5) is 66.8. The molecule has 1 unspecified atom stereocenters. The third kappa shape index (κ3) is 10.5. The summed E-state index contributed by atoms with van der Waals surface area (Å²) < 4.78 is 0. The van der Waals surface area contributed by atoms with Crippen molar-refractivity contribution in [2.45, 2.75) is 94.4 Å². The fraction of sp³-hybridized carbons (Fsp3) is 0.471. The maximum absolute atomic E-state index is 13.7. The van der Waals surface area contributed by atoms with Crippen LogP contribution in [-0.2, 0) is 36.8 Å². The van der Waals surface area contributed by atoms with Crippen LogP contribution < -0.4 is 27.0 Å². The molecular weight excluding hydrogens is 602 g/mol. The molecule has 2 fully saturated rings. The fourth-order valence-corrected chi connectivity index (χ4v) is 6.37. The van der Waals surface area contributed by atoms with Crippen LogP contribution in [0.25, 0.3) is 0 Å². The maximum Gasteiger partial charge on any atom is 0.305 e. The zero-order chi connectivity index (χ0) is 33.8. The number of piperidine rings is 1. The van der Waals surface area contributed by atoms with Gasteiger partial charge in [0.2, 0.25) is 23.6 Å². The van der Waals surface area contributed by atoms with Gasteiger partial charge in [0.1, 0.15) is 18.1 Å². The van der Waals surface area contributed by atoms with Crippen molar-refractivity contribution in [1.29, 1.82) is 5.41 Å². The van der Waals surface area contributed by atoms with E-state index in [2.05, 4.69) is 21.3 Å². The lowest BCUT2D eigenvalue weighted by atomic mass is 9.97. The largest absolute Gasteiger partial charge is 0.481 e. The lowest BCUT2D eigenvalue weighted by Gasteiger charge is -2.38. The predicted octanol–water partition coefficient (Wildman–Crippen LogP) is 1.21. The number of carboxylic acid groups (broad SMARTS) is 1. The second kappa shape index (κ2) is 17.1. The van der Waals surface area contributed by atoms with Crippen LogP contribution >= 0.6 is 0 Å². The minimum atomic E-state index is -1.05. The van der Waals surface area contributed by atoms with Gasteiger partial charge in [-0.1, -0.05) is 60.7 Å². The Balaban J connectivity index is 1.41. The number of aryl methyl sites for hydroxylation is 1. The first-order chi connectivity index (χ1) is 22.6. The van der Waals surface area contributed by atoms with Crippen LogP contribution in [0.2, 0.25) is 0 Å². The molecule has 47 heavy (non-hydrogen) atoms. The number of carbonyl (C=O) groups is 5. The third-order valence-corrected chi connectivity index (χ3v) is 8.70. The number of nitrogens with one attached hydrogen (secondary N) is 5. The first-order valence-electron chi connectivity index (χ1n) is 16.2. The van der Waals surface area contributed by atoms with Crippen molar-refractivity contribution < 1.29 is 29.1 Å². The monoisotopic (exact) mass is 647 g/mol. The molecule has 5 atom stereocenters. The minimum absolute atomic E-state index is 0.134. The number of nitrogens with two attached hydrogens (primary N) is 1. The molecule has 0 saturated carbocycles. The number of benzene rings is 2. The molecule has 252 valence electrons. The second-order valence-electron chi connectivity index (χ2n) is 12.2. The molecule has 2 aliphatic rings. The summed E-state index contributed by atoms with van der Waals surface area (Å²) in [6, 6.07) is 15.4. The number of nitrogens with zero attached hydrogens (tertiary/aromatic N) is 1. The van der Waals surface area contributed by atoms with E-state index in [0.29, 0.717) is 51.5 Å². The van der Waals surface area contributed by atoms with Crippen LogP contribution in [0.15, 0.2) is 60.7 Å². The molecular formula is C34H45N7O6. The van der Waals surface area contributed by atoms with Crippen LogP contribution in [-0.4, -0.2) is 82.3 Å². The Bertz CT molecular complexity index is 1410. The number of hydrogen-bond acceptors (Lipinski definition) is 6. The Labute approximate surface area is 274 Å². The Morgan fingerprint density at radius 1 is 0.915 bits per heavy atom. The zero-order valence-corrected chi connectivity index (χ0v) is 26.5. The van der Waals surface area contributed by atoms with Gasteiger partial charge in [0, 0.05) is 18.6 Å². The van der Waals surface area contributed by atoms with Gasteiger partial charge in [-0.3, -0.25) is 29.4 Å². The van der Waals surface area contributed by atoms with Gasteiger partial charge in [-0.25, -0.2) is 0 Å². The highest BCUT2D eigenvalue weighted by atomic mass is 16.4. The molecule has 2 heterocycles. The predicted molar refractivity (Wildman–Crippen MR) is 175 cm³/mol. The van der Waals surface area contributed by atoms with Crippen molar-refractivity contribution in [3.63, 3.8) is 0 Å². The highest BCUT2D eigenvalue weighted by molar-refractivity contribution is 5.95. The summed E-state index contributed by atoms with van der Waals surface area (Å²) in [5.41, 5.74) is 7.22.